The fraction of sp³-hybridized carbons (Fsp3) is 0.455. The van der Waals surface area contributed by atoms with Crippen LogP contribution >= 0.6 is 0 Å². The van der Waals surface area contributed by atoms with Gasteiger partial charge in [-0.05, 0) is 43.9 Å². The monoisotopic (exact) mass is 539 g/mol. The maximum Gasteiger partial charge on any atom is 0.320 e. The molecule has 2 saturated heterocycles. The summed E-state index contributed by atoms with van der Waals surface area (Å²) in [5, 5.41) is 3.44. The second-order valence-electron chi connectivity index (χ2n) is 11.8. The van der Waals surface area contributed by atoms with E-state index in [4.69, 9.17) is 0 Å². The molecule has 2 N–H and O–H groups in total. The highest BCUT2D eigenvalue weighted by molar-refractivity contribution is 5.75. The van der Waals surface area contributed by atoms with E-state index >= 15 is 0 Å². The highest BCUT2D eigenvalue weighted by Gasteiger charge is 2.46. The van der Waals surface area contributed by atoms with Gasteiger partial charge in [0.1, 0.15) is 0 Å². The zero-order valence-corrected chi connectivity index (χ0v) is 23.5. The van der Waals surface area contributed by atoms with E-state index in [9.17, 15) is 9.59 Å². The maximum atomic E-state index is 14.1. The average Bonchev–Trinajstić information content (AvgIpc) is 3.48. The minimum absolute atomic E-state index is 0.0655. The van der Waals surface area contributed by atoms with Crippen molar-refractivity contribution in [1.82, 2.24) is 25.0 Å². The Labute approximate surface area is 237 Å². The van der Waals surface area contributed by atoms with Crippen molar-refractivity contribution in [2.75, 3.05) is 33.2 Å². The molecule has 3 fully saturated rings. The van der Waals surface area contributed by atoms with Gasteiger partial charge in [0.2, 0.25) is 0 Å². The molecule has 2 atom stereocenters. The Morgan fingerprint density at radius 2 is 1.73 bits per heavy atom. The zero-order valence-electron chi connectivity index (χ0n) is 23.5. The number of hydrogen-bond donors (Lipinski definition) is 2. The van der Waals surface area contributed by atoms with Gasteiger partial charge >= 0.3 is 6.03 Å². The molecule has 1 aliphatic carbocycles. The number of piperidine rings is 1. The Balaban J connectivity index is 1.19. The molecule has 0 radical (unpaired) electrons. The quantitative estimate of drug-likeness (QED) is 0.478. The Kier molecular flexibility index (Phi) is 7.76. The highest BCUT2D eigenvalue weighted by atomic mass is 16.2. The van der Waals surface area contributed by atoms with Gasteiger partial charge in [0.05, 0.1) is 6.04 Å². The first-order chi connectivity index (χ1) is 19.6. The predicted octanol–water partition coefficient (Wildman–Crippen LogP) is 5.02. The van der Waals surface area contributed by atoms with E-state index in [2.05, 4.69) is 49.3 Å². The summed E-state index contributed by atoms with van der Waals surface area (Å²) >= 11 is 0. The summed E-state index contributed by atoms with van der Waals surface area (Å²) < 4.78 is 0. The van der Waals surface area contributed by atoms with E-state index in [1.165, 1.54) is 18.4 Å². The van der Waals surface area contributed by atoms with Crippen molar-refractivity contribution in [3.05, 3.63) is 94.3 Å². The number of aromatic nitrogens is 1. The maximum absolute atomic E-state index is 14.1. The van der Waals surface area contributed by atoms with Crippen molar-refractivity contribution in [3.63, 3.8) is 0 Å². The number of piperazine rings is 1. The number of H-pyrrole nitrogens is 1. The van der Waals surface area contributed by atoms with Crippen LogP contribution in [0.25, 0.3) is 11.3 Å². The molecule has 0 unspecified atom stereocenters. The molecule has 3 aromatic rings. The van der Waals surface area contributed by atoms with Crippen LogP contribution in [0.3, 0.4) is 0 Å². The summed E-state index contributed by atoms with van der Waals surface area (Å²) in [5.74, 6) is 0. The Bertz CT molecular complexity index is 1350. The molecule has 40 heavy (non-hydrogen) atoms. The third kappa shape index (κ3) is 5.32. The SMILES string of the molecule is CN[C@@H]1CCN(C(=O)N2CCN(Cc3c[nH]c(-c4ccccc4)cc3=O)C3(CCCC3)C2)[C@H](c2ccccc2)C1. The number of nitrogens with one attached hydrogen (secondary N) is 2. The van der Waals surface area contributed by atoms with Crippen molar-refractivity contribution in [2.45, 2.75) is 62.7 Å². The van der Waals surface area contributed by atoms with E-state index < -0.39 is 0 Å². The van der Waals surface area contributed by atoms with Crippen LogP contribution < -0.4 is 10.7 Å². The van der Waals surface area contributed by atoms with Crippen molar-refractivity contribution < 1.29 is 4.79 Å². The van der Waals surface area contributed by atoms with Gasteiger partial charge in [-0.25, -0.2) is 4.79 Å². The summed E-state index contributed by atoms with van der Waals surface area (Å²) in [7, 11) is 2.02. The van der Waals surface area contributed by atoms with Gasteiger partial charge in [0, 0.05) is 67.8 Å². The van der Waals surface area contributed by atoms with E-state index in [0.29, 0.717) is 19.1 Å². The lowest BCUT2D eigenvalue weighted by molar-refractivity contribution is -0.00223. The number of rotatable bonds is 5. The Morgan fingerprint density at radius 3 is 2.42 bits per heavy atom. The number of carbonyl (C=O) groups excluding carboxylic acids is 1. The summed E-state index contributed by atoms with van der Waals surface area (Å²) in [6, 6.07) is 22.8. The molecule has 2 aromatic carbocycles. The second kappa shape index (κ2) is 11.6. The highest BCUT2D eigenvalue weighted by Crippen LogP contribution is 2.40. The summed E-state index contributed by atoms with van der Waals surface area (Å²) in [5.41, 5.74) is 3.87. The summed E-state index contributed by atoms with van der Waals surface area (Å²) in [6.45, 7) is 3.59. The number of hydrogen-bond acceptors (Lipinski definition) is 4. The molecule has 3 aliphatic rings. The molecule has 3 heterocycles. The number of urea groups is 1. The second-order valence-corrected chi connectivity index (χ2v) is 11.8. The molecule has 0 bridgehead atoms. The summed E-state index contributed by atoms with van der Waals surface area (Å²) in [4.78, 5) is 37.4. The fourth-order valence-corrected chi connectivity index (χ4v) is 7.17. The average molecular weight is 540 g/mol. The van der Waals surface area contributed by atoms with Crippen molar-refractivity contribution in [2.24, 2.45) is 0 Å². The van der Waals surface area contributed by atoms with Crippen molar-refractivity contribution in [1.29, 1.82) is 0 Å². The van der Waals surface area contributed by atoms with Crippen LogP contribution in [0.1, 0.15) is 55.7 Å². The molecule has 6 rings (SSSR count). The lowest BCUT2D eigenvalue weighted by Crippen LogP contribution is -2.64. The first-order valence-corrected chi connectivity index (χ1v) is 14.9. The van der Waals surface area contributed by atoms with Crippen LogP contribution in [0.4, 0.5) is 4.79 Å². The first-order valence-electron chi connectivity index (χ1n) is 14.9. The third-order valence-corrected chi connectivity index (χ3v) is 9.48. The normalized spacial score (nSPS) is 23.0. The van der Waals surface area contributed by atoms with Gasteiger partial charge in [-0.15, -0.1) is 0 Å². The number of pyridine rings is 1. The lowest BCUT2D eigenvalue weighted by atomic mass is 9.90. The lowest BCUT2D eigenvalue weighted by Gasteiger charge is -2.51. The van der Waals surface area contributed by atoms with Crippen LogP contribution in [0.2, 0.25) is 0 Å². The van der Waals surface area contributed by atoms with E-state index in [0.717, 1.165) is 62.1 Å². The zero-order chi connectivity index (χ0) is 27.5. The number of nitrogens with zero attached hydrogens (tertiary/aromatic N) is 3. The first kappa shape index (κ1) is 26.8. The van der Waals surface area contributed by atoms with Gasteiger partial charge in [0.15, 0.2) is 5.43 Å². The van der Waals surface area contributed by atoms with Gasteiger partial charge in [-0.3, -0.25) is 9.69 Å². The molecule has 1 spiro atoms. The van der Waals surface area contributed by atoms with Crippen LogP contribution in [-0.4, -0.2) is 70.5 Å². The van der Waals surface area contributed by atoms with E-state index in [1.807, 2.05) is 49.6 Å². The molecule has 7 heteroatoms. The van der Waals surface area contributed by atoms with Crippen LogP contribution in [0.15, 0.2) is 77.7 Å². The van der Waals surface area contributed by atoms with Crippen molar-refractivity contribution in [3.8, 4) is 11.3 Å². The number of carbonyl (C=O) groups is 1. The van der Waals surface area contributed by atoms with Gasteiger partial charge in [-0.1, -0.05) is 73.5 Å². The summed E-state index contributed by atoms with van der Waals surface area (Å²) in [6.07, 6.45) is 8.27. The number of aromatic amines is 1. The predicted molar refractivity (Wildman–Crippen MR) is 159 cm³/mol. The molecule has 210 valence electrons. The van der Waals surface area contributed by atoms with Gasteiger partial charge < -0.3 is 20.1 Å². The molecule has 2 amide bonds. The number of likely N-dealkylation sites (tertiary alicyclic amines) is 1. The van der Waals surface area contributed by atoms with Crippen LogP contribution in [-0.2, 0) is 6.54 Å². The Morgan fingerprint density at radius 1 is 1.00 bits per heavy atom. The third-order valence-electron chi connectivity index (χ3n) is 9.48. The largest absolute Gasteiger partial charge is 0.361 e. The molecular weight excluding hydrogens is 498 g/mol. The van der Waals surface area contributed by atoms with E-state index in [-0.39, 0.29) is 23.0 Å². The van der Waals surface area contributed by atoms with Crippen molar-refractivity contribution >= 4 is 6.03 Å². The molecule has 2 aliphatic heterocycles. The fourth-order valence-electron chi connectivity index (χ4n) is 7.17. The molecule has 1 saturated carbocycles. The van der Waals surface area contributed by atoms with Gasteiger partial charge in [0.25, 0.3) is 0 Å². The number of amides is 2. The molecule has 1 aromatic heterocycles. The van der Waals surface area contributed by atoms with Gasteiger partial charge in [-0.2, -0.15) is 0 Å². The van der Waals surface area contributed by atoms with Crippen LogP contribution in [0.5, 0.6) is 0 Å². The Hall–Kier alpha value is -3.42. The van der Waals surface area contributed by atoms with Crippen LogP contribution in [0, 0.1) is 0 Å². The number of benzene rings is 2. The minimum atomic E-state index is -0.0655. The minimum Gasteiger partial charge on any atom is -0.361 e. The molecule has 7 nitrogen and oxygen atoms in total. The standard InChI is InChI=1S/C33H41N5O2/c1-34-28-14-17-38(30(20-28)26-12-6-3-7-13-26)32(40)36-18-19-37(33(24-36)15-8-9-16-33)23-27-22-35-29(21-31(27)39)25-10-4-2-5-11-25/h2-7,10-13,21-22,28,30,34H,8-9,14-20,23-24H2,1H3,(H,35,39)/t28-,30+/m1/s1. The topological polar surface area (TPSA) is 71.7 Å². The molecular formula is C33H41N5O2. The smallest absolute Gasteiger partial charge is 0.320 e. The van der Waals surface area contributed by atoms with E-state index in [1.54, 1.807) is 6.07 Å².